The molecule has 0 saturated heterocycles. The molecule has 0 aliphatic heterocycles. The summed E-state index contributed by atoms with van der Waals surface area (Å²) in [5.41, 5.74) is 0. The Morgan fingerprint density at radius 3 is 0.820 bits per heavy atom. The normalized spacial score (nSPS) is 10.2. The minimum Gasteiger partial charge on any atom is -0.147 e. The molecule has 50 heavy (non-hydrogen) atoms. The van der Waals surface area contributed by atoms with Crippen LogP contribution in [0.1, 0.15) is 0 Å². The molecular formula is C46H39ClNiP2+. The average molecular weight is 748 g/mol. The van der Waals surface area contributed by atoms with Crippen LogP contribution in [0.3, 0.4) is 0 Å². The third kappa shape index (κ3) is 10.8. The molecule has 0 aromatic heterocycles. The summed E-state index contributed by atoms with van der Waals surface area (Å²) >= 11 is 3.35. The van der Waals surface area contributed by atoms with E-state index in [1.807, 2.05) is 24.3 Å². The summed E-state index contributed by atoms with van der Waals surface area (Å²) < 4.78 is 0. The minimum absolute atomic E-state index is 0.877. The first kappa shape index (κ1) is 36.9. The fraction of sp³-hybridized carbons (Fsp3) is 0. The Hall–Kier alpha value is -4.34. The molecule has 0 unspecified atom stereocenters. The molecule has 8 aromatic rings. The zero-order valence-corrected chi connectivity index (χ0v) is 31.3. The monoisotopic (exact) mass is 746 g/mol. The van der Waals surface area contributed by atoms with E-state index in [1.54, 1.807) is 0 Å². The van der Waals surface area contributed by atoms with Crippen LogP contribution < -0.4 is 31.8 Å². The van der Waals surface area contributed by atoms with Gasteiger partial charge in [0.15, 0.2) is 0 Å². The van der Waals surface area contributed by atoms with Gasteiger partial charge in [-0.2, -0.15) is 0 Å². The van der Waals surface area contributed by atoms with Gasteiger partial charge in [-0.15, -0.1) is 47.2 Å². The maximum absolute atomic E-state index is 4.26. The van der Waals surface area contributed by atoms with E-state index in [0.717, 1.165) is 0 Å². The summed E-state index contributed by atoms with van der Waals surface area (Å²) in [6.07, 6.45) is 0. The molecule has 0 fully saturated rings. The van der Waals surface area contributed by atoms with Crippen molar-refractivity contribution in [2.45, 2.75) is 0 Å². The van der Waals surface area contributed by atoms with Crippen molar-refractivity contribution in [2.75, 3.05) is 0 Å². The van der Waals surface area contributed by atoms with E-state index in [9.17, 15) is 0 Å². The Bertz CT molecular complexity index is 1690. The van der Waals surface area contributed by atoms with Gasteiger partial charge in [0.25, 0.3) is 0 Å². The van der Waals surface area contributed by atoms with Crippen LogP contribution in [0.5, 0.6) is 0 Å². The van der Waals surface area contributed by atoms with Gasteiger partial charge in [0.2, 0.25) is 0 Å². The first-order chi connectivity index (χ1) is 24.9. The molecule has 249 valence electrons. The fourth-order valence-corrected chi connectivity index (χ4v) is 10.8. The van der Waals surface area contributed by atoms with Gasteiger partial charge in [-0.25, -0.2) is 0 Å². The van der Waals surface area contributed by atoms with Gasteiger partial charge in [-0.05, 0) is 72.8 Å². The van der Waals surface area contributed by atoms with Crippen molar-refractivity contribution in [3.05, 3.63) is 231 Å². The molecule has 0 radical (unpaired) electrons. The van der Waals surface area contributed by atoms with Gasteiger partial charge in [0.1, 0.15) is 31.8 Å². The van der Waals surface area contributed by atoms with Crippen molar-refractivity contribution in [2.24, 2.45) is 0 Å². The van der Waals surface area contributed by atoms with Gasteiger partial charge in [-0.3, -0.25) is 0 Å². The summed E-state index contributed by atoms with van der Waals surface area (Å²) in [6, 6.07) is 82.4. The molecule has 0 aliphatic carbocycles. The smallest absolute Gasteiger partial charge is 0.102 e. The van der Waals surface area contributed by atoms with E-state index in [-0.39, 0.29) is 0 Å². The summed E-state index contributed by atoms with van der Waals surface area (Å²) in [6.45, 7) is 0. The maximum Gasteiger partial charge on any atom is 0.102 e. The Morgan fingerprint density at radius 2 is 0.540 bits per heavy atom. The zero-order chi connectivity index (χ0) is 34.6. The zero-order valence-electron chi connectivity index (χ0n) is 27.6. The molecular weight excluding hydrogens is 709 g/mol. The van der Waals surface area contributed by atoms with Crippen LogP contribution >= 0.6 is 26.0 Å². The van der Waals surface area contributed by atoms with Crippen molar-refractivity contribution in [3.63, 3.8) is 0 Å². The Kier molecular flexibility index (Phi) is 15.5. The maximum atomic E-state index is 4.26. The molecule has 0 heterocycles. The largest absolute Gasteiger partial charge is 0.147 e. The molecule has 0 nitrogen and oxygen atoms in total. The van der Waals surface area contributed by atoms with Gasteiger partial charge in [0, 0.05) is 0 Å². The Morgan fingerprint density at radius 1 is 0.300 bits per heavy atom. The van der Waals surface area contributed by atoms with E-state index >= 15 is 0 Å². The van der Waals surface area contributed by atoms with Crippen LogP contribution in [0.2, 0.25) is 0 Å². The third-order valence-corrected chi connectivity index (χ3v) is 13.4. The fourth-order valence-electron chi connectivity index (χ4n) is 5.69. The number of halogens is 1. The number of hydrogen-bond donors (Lipinski definition) is 0. The van der Waals surface area contributed by atoms with Crippen molar-refractivity contribution in [1.29, 1.82) is 0 Å². The van der Waals surface area contributed by atoms with Crippen LogP contribution in [0, 0.1) is 6.07 Å². The summed E-state index contributed by atoms with van der Waals surface area (Å²) in [5, 5.41) is 11.1. The average Bonchev–Trinajstić information content (AvgIpc) is 3.22. The van der Waals surface area contributed by atoms with E-state index < -0.39 is 15.8 Å². The van der Waals surface area contributed by atoms with Crippen LogP contribution in [-0.4, -0.2) is 0 Å². The first-order valence-electron chi connectivity index (χ1n) is 16.4. The van der Waals surface area contributed by atoms with Crippen molar-refractivity contribution >= 4 is 68.6 Å². The quantitative estimate of drug-likeness (QED) is 0.0904. The second kappa shape index (κ2) is 21.0. The van der Waals surface area contributed by atoms with Crippen LogP contribution in [0.4, 0.5) is 0 Å². The van der Waals surface area contributed by atoms with Gasteiger partial charge in [0.05, 0.1) is 15.8 Å². The summed E-state index contributed by atoms with van der Waals surface area (Å²) in [7, 11) is 2.51. The van der Waals surface area contributed by atoms with Crippen LogP contribution in [0.25, 0.3) is 10.8 Å². The predicted octanol–water partition coefficient (Wildman–Crippen LogP) is 9.68. The van der Waals surface area contributed by atoms with Gasteiger partial charge < -0.3 is 0 Å². The van der Waals surface area contributed by atoms with Crippen LogP contribution in [-0.2, 0) is 14.6 Å². The Balaban J connectivity index is 0.000000149. The molecule has 0 bridgehead atoms. The molecule has 0 saturated carbocycles. The number of fused-ring (bicyclic) bond motifs is 1. The van der Waals surface area contributed by atoms with E-state index in [2.05, 4.69) is 231 Å². The van der Waals surface area contributed by atoms with E-state index in [0.29, 0.717) is 0 Å². The molecule has 8 rings (SSSR count). The minimum atomic E-state index is -0.877. The molecule has 0 aliphatic rings. The third-order valence-electron chi connectivity index (χ3n) is 7.95. The molecule has 4 heteroatoms. The van der Waals surface area contributed by atoms with Crippen molar-refractivity contribution in [3.8, 4) is 0 Å². The Labute approximate surface area is 312 Å². The van der Waals surface area contributed by atoms with Crippen molar-refractivity contribution in [1.82, 2.24) is 0 Å². The summed E-state index contributed by atoms with van der Waals surface area (Å²) in [5.74, 6) is 0. The first-order valence-corrected chi connectivity index (χ1v) is 20.8. The number of hydrogen-bond acceptors (Lipinski definition) is 0. The topological polar surface area (TPSA) is 0 Å². The van der Waals surface area contributed by atoms with Crippen molar-refractivity contribution < 1.29 is 14.6 Å². The van der Waals surface area contributed by atoms with Gasteiger partial charge >= 0.3 is 24.8 Å². The van der Waals surface area contributed by atoms with Crippen LogP contribution in [0.15, 0.2) is 224 Å². The second-order valence-electron chi connectivity index (χ2n) is 11.2. The molecule has 0 atom stereocenters. The molecule has 0 spiro atoms. The summed E-state index contributed by atoms with van der Waals surface area (Å²) in [4.78, 5) is 0. The predicted molar refractivity (Wildman–Crippen MR) is 222 cm³/mol. The second-order valence-corrected chi connectivity index (χ2v) is 16.2. The standard InChI is InChI=1S/2C18H15P.C10H7.ClH.Ni/c2*1-4-10-16(11-5-1)19(17-12-6-2-7-13-17)18-14-8-3-9-15-18;1-2-6-10-8-4-3-7-9(10)5-1;;/h2*1-15H;1-7H;1H;/q;;-1;;+1/p+1. The SMILES string of the molecule is [Cl][Ni].[c-]1cccc2ccccc12.c1ccc([PH+](c2ccccc2)c2ccccc2)cc1.c1ccc([PH+](c2ccccc2)c2ccccc2)cc1. The molecule has 8 aromatic carbocycles. The van der Waals surface area contributed by atoms with E-state index in [4.69, 9.17) is 0 Å². The molecule has 0 amide bonds. The number of rotatable bonds is 6. The number of benzene rings is 8. The van der Waals surface area contributed by atoms with E-state index in [1.165, 1.54) is 42.6 Å². The molecule has 0 N–H and O–H groups in total. The van der Waals surface area contributed by atoms with Gasteiger partial charge in [-0.1, -0.05) is 121 Å².